The summed E-state index contributed by atoms with van der Waals surface area (Å²) in [5.41, 5.74) is 6.50. The van der Waals surface area contributed by atoms with E-state index in [2.05, 4.69) is 58.0 Å². The molecule has 5 heteroatoms. The van der Waals surface area contributed by atoms with Gasteiger partial charge in [0.1, 0.15) is 0 Å². The van der Waals surface area contributed by atoms with Crippen LogP contribution in [0.3, 0.4) is 0 Å². The average Bonchev–Trinajstić information content (AvgIpc) is 3.11. The molecule has 0 radical (unpaired) electrons. The van der Waals surface area contributed by atoms with Crippen LogP contribution in [0.25, 0.3) is 0 Å². The van der Waals surface area contributed by atoms with Crippen molar-refractivity contribution in [3.8, 4) is 0 Å². The van der Waals surface area contributed by atoms with Gasteiger partial charge in [0.15, 0.2) is 0 Å². The van der Waals surface area contributed by atoms with Crippen LogP contribution in [0.4, 0.5) is 0 Å². The summed E-state index contributed by atoms with van der Waals surface area (Å²) >= 11 is 0. The van der Waals surface area contributed by atoms with E-state index >= 15 is 0 Å². The molecule has 0 aromatic carbocycles. The number of hydrogen-bond acceptors (Lipinski definition) is 2. The molecule has 4 fully saturated rings. The molecule has 250 valence electrons. The molecule has 4 saturated carbocycles. The molecule has 0 N–H and O–H groups in total. The molecule has 4 aliphatic rings. The number of allylic oxidation sites excluding steroid dienone is 2. The van der Waals surface area contributed by atoms with E-state index in [1.165, 1.54) is 140 Å². The van der Waals surface area contributed by atoms with E-state index in [1.54, 1.807) is 0 Å². The Morgan fingerprint density at radius 2 is 0.778 bits per heavy atom. The zero-order valence-corrected chi connectivity index (χ0v) is 31.2. The minimum atomic E-state index is 0. The molecule has 2 nitrogen and oxygen atoms in total. The van der Waals surface area contributed by atoms with Crippen molar-refractivity contribution in [2.24, 2.45) is 0 Å². The normalized spacial score (nSPS) is 21.2. The molecular formula is C40H60N2P2Pd. The van der Waals surface area contributed by atoms with Crippen LogP contribution in [0.15, 0.2) is 72.6 Å². The molecule has 0 bridgehead atoms. The molecule has 4 aliphatic carbocycles. The molecule has 0 spiro atoms. The largest absolute Gasteiger partial charge is 0.261 e. The Kier molecular flexibility index (Phi) is 18.2. The predicted molar refractivity (Wildman–Crippen MR) is 195 cm³/mol. The SMILES string of the molecule is C(=CP(C1CCCCC1)C1CCCCC1)Cc1ccccn1.C(=CP(C1CCCCC1)C1CCCCC1)Cc1ccccn1.[Pd]. The Balaban J connectivity index is 0.000000200. The topological polar surface area (TPSA) is 25.8 Å². The van der Waals surface area contributed by atoms with E-state index in [-0.39, 0.29) is 36.3 Å². The van der Waals surface area contributed by atoms with Crippen molar-refractivity contribution in [3.63, 3.8) is 0 Å². The van der Waals surface area contributed by atoms with E-state index in [0.29, 0.717) is 0 Å². The van der Waals surface area contributed by atoms with Crippen LogP contribution >= 0.6 is 15.8 Å². The fourth-order valence-electron chi connectivity index (χ4n) is 8.23. The molecule has 0 saturated heterocycles. The van der Waals surface area contributed by atoms with Gasteiger partial charge in [0.25, 0.3) is 0 Å². The predicted octanol–water partition coefficient (Wildman–Crippen LogP) is 12.6. The summed E-state index contributed by atoms with van der Waals surface area (Å²) in [6, 6.07) is 12.5. The minimum Gasteiger partial charge on any atom is -0.261 e. The maximum absolute atomic E-state index is 4.46. The van der Waals surface area contributed by atoms with Crippen molar-refractivity contribution in [1.29, 1.82) is 0 Å². The van der Waals surface area contributed by atoms with Gasteiger partial charge < -0.3 is 0 Å². The van der Waals surface area contributed by atoms with Crippen molar-refractivity contribution >= 4 is 15.8 Å². The van der Waals surface area contributed by atoms with Crippen LogP contribution in [0.1, 0.15) is 140 Å². The molecule has 0 unspecified atom stereocenters. The number of aromatic nitrogens is 2. The Morgan fingerprint density at radius 3 is 1.04 bits per heavy atom. The zero-order valence-electron chi connectivity index (χ0n) is 27.9. The molecule has 45 heavy (non-hydrogen) atoms. The van der Waals surface area contributed by atoms with Gasteiger partial charge in [-0.05, 0) is 98.3 Å². The Labute approximate surface area is 292 Å². The third-order valence-corrected chi connectivity index (χ3v) is 17.2. The molecule has 0 amide bonds. The summed E-state index contributed by atoms with van der Waals surface area (Å²) in [5.74, 6) is 5.30. The smallest absolute Gasteiger partial charge is 0.0441 e. The average molecular weight is 737 g/mol. The van der Waals surface area contributed by atoms with Gasteiger partial charge in [-0.15, -0.1) is 0 Å². The van der Waals surface area contributed by atoms with Crippen LogP contribution in [-0.4, -0.2) is 32.6 Å². The van der Waals surface area contributed by atoms with E-state index < -0.39 is 0 Å². The summed E-state index contributed by atoms with van der Waals surface area (Å²) in [5, 5.41) is 0. The molecule has 2 heterocycles. The van der Waals surface area contributed by atoms with Crippen molar-refractivity contribution in [2.75, 3.05) is 0 Å². The molecule has 0 aliphatic heterocycles. The van der Waals surface area contributed by atoms with Gasteiger partial charge in [-0.25, -0.2) is 0 Å². The zero-order chi connectivity index (χ0) is 30.1. The van der Waals surface area contributed by atoms with Gasteiger partial charge in [-0.1, -0.05) is 129 Å². The number of hydrogen-bond donors (Lipinski definition) is 0. The Morgan fingerprint density at radius 1 is 0.467 bits per heavy atom. The maximum Gasteiger partial charge on any atom is 0.0441 e. The van der Waals surface area contributed by atoms with Gasteiger partial charge in [-0.3, -0.25) is 9.97 Å². The summed E-state index contributed by atoms with van der Waals surface area (Å²) in [7, 11) is 0.197. The second-order valence-corrected chi connectivity index (χ2v) is 19.2. The fraction of sp³-hybridized carbons (Fsp3) is 0.650. The van der Waals surface area contributed by atoms with E-state index in [4.69, 9.17) is 0 Å². The third kappa shape index (κ3) is 13.0. The van der Waals surface area contributed by atoms with Crippen molar-refractivity contribution in [2.45, 2.75) is 164 Å². The quantitative estimate of drug-likeness (QED) is 0.179. The minimum absolute atomic E-state index is 0. The van der Waals surface area contributed by atoms with Crippen LogP contribution in [-0.2, 0) is 33.3 Å². The van der Waals surface area contributed by atoms with E-state index in [9.17, 15) is 0 Å². The third-order valence-electron chi connectivity index (χ3n) is 10.6. The Hall–Kier alpha value is -0.698. The summed E-state index contributed by atoms with van der Waals surface area (Å²) < 4.78 is 0. The first-order valence-corrected chi connectivity index (χ1v) is 21.6. The fourth-order valence-corrected chi connectivity index (χ4v) is 14.9. The van der Waals surface area contributed by atoms with Crippen LogP contribution in [0, 0.1) is 0 Å². The molecule has 2 aromatic rings. The van der Waals surface area contributed by atoms with E-state index in [1.807, 2.05) is 24.5 Å². The van der Waals surface area contributed by atoms with Crippen molar-refractivity contribution in [1.82, 2.24) is 9.97 Å². The molecule has 6 rings (SSSR count). The van der Waals surface area contributed by atoms with Gasteiger partial charge in [0.05, 0.1) is 0 Å². The monoisotopic (exact) mass is 736 g/mol. The first-order chi connectivity index (χ1) is 21.9. The maximum atomic E-state index is 4.46. The first-order valence-electron chi connectivity index (χ1n) is 18.5. The van der Waals surface area contributed by atoms with Gasteiger partial charge in [0.2, 0.25) is 0 Å². The van der Waals surface area contributed by atoms with Crippen LogP contribution in [0.5, 0.6) is 0 Å². The molecular weight excluding hydrogens is 677 g/mol. The van der Waals surface area contributed by atoms with Crippen LogP contribution < -0.4 is 0 Å². The van der Waals surface area contributed by atoms with Gasteiger partial charge in [-0.2, -0.15) is 0 Å². The Bertz CT molecular complexity index is 946. The first kappa shape index (κ1) is 37.1. The standard InChI is InChI=1S/2C20H30NP.Pd/c2*1-3-12-19(13-4-1)22(20-14-5-2-6-15-20)17-9-11-18-10-7-8-16-21-18;/h2*7-10,16-17,19-20H,1-6,11-15H2;. The summed E-state index contributed by atoms with van der Waals surface area (Å²) in [6.07, 6.45) is 40.4. The second kappa shape index (κ2) is 22.0. The number of rotatable bonds is 10. The van der Waals surface area contributed by atoms with E-state index in [0.717, 1.165) is 35.5 Å². The molecule has 2 aromatic heterocycles. The van der Waals surface area contributed by atoms with Crippen molar-refractivity contribution < 1.29 is 20.4 Å². The number of nitrogens with zero attached hydrogens (tertiary/aromatic N) is 2. The number of pyridine rings is 2. The summed E-state index contributed by atoms with van der Waals surface area (Å²) in [6.45, 7) is 0. The second-order valence-electron chi connectivity index (χ2n) is 13.9. The van der Waals surface area contributed by atoms with Gasteiger partial charge >= 0.3 is 0 Å². The van der Waals surface area contributed by atoms with Crippen molar-refractivity contribution in [3.05, 3.63) is 84.0 Å². The molecule has 0 atom stereocenters. The summed E-state index contributed by atoms with van der Waals surface area (Å²) in [4.78, 5) is 8.91. The van der Waals surface area contributed by atoms with Gasteiger partial charge in [0, 0.05) is 57.0 Å². The van der Waals surface area contributed by atoms with Crippen LogP contribution in [0.2, 0.25) is 0 Å².